The van der Waals surface area contributed by atoms with Crippen molar-refractivity contribution < 1.29 is 23.5 Å². The Hall–Kier alpha value is -0.380. The molecule has 0 aromatic carbocycles. The van der Waals surface area contributed by atoms with E-state index in [9.17, 15) is 14.3 Å². The lowest BCUT2D eigenvalue weighted by molar-refractivity contribution is -0.199. The van der Waals surface area contributed by atoms with Crippen molar-refractivity contribution in [2.24, 2.45) is 0 Å². The standard InChI is InChI=1S/C3H5O5P/c4-3-7-1-2-8-9(3,5)6/h1-2H2,(H,5,6)/p-1. The second-order valence-corrected chi connectivity index (χ2v) is 3.06. The highest BCUT2D eigenvalue weighted by Crippen LogP contribution is 2.41. The molecule has 1 fully saturated rings. The Kier molecular flexibility index (Phi) is 1.57. The van der Waals surface area contributed by atoms with Crippen molar-refractivity contribution in [2.75, 3.05) is 13.2 Å². The summed E-state index contributed by atoms with van der Waals surface area (Å²) in [5.74, 6) is 0. The number of hydrogen-bond acceptors (Lipinski definition) is 5. The highest BCUT2D eigenvalue weighted by molar-refractivity contribution is 7.69. The molecule has 1 unspecified atom stereocenters. The molecule has 1 aliphatic rings. The Bertz CT molecular complexity index is 175. The minimum absolute atomic E-state index is 0.0189. The summed E-state index contributed by atoms with van der Waals surface area (Å²) in [7, 11) is -4.29. The SMILES string of the molecule is O=C1OCCOP1(=O)[O-]. The summed E-state index contributed by atoms with van der Waals surface area (Å²) in [6.45, 7) is -0.0441. The second kappa shape index (κ2) is 2.10. The molecular weight excluding hydrogens is 147 g/mol. The van der Waals surface area contributed by atoms with E-state index in [0.717, 1.165) is 0 Å². The van der Waals surface area contributed by atoms with Crippen molar-refractivity contribution in [3.8, 4) is 0 Å². The fraction of sp³-hybridized carbons (Fsp3) is 0.667. The average molecular weight is 151 g/mol. The molecule has 1 rings (SSSR count). The fourth-order valence-electron chi connectivity index (χ4n) is 0.418. The Morgan fingerprint density at radius 2 is 2.22 bits per heavy atom. The van der Waals surface area contributed by atoms with E-state index in [1.165, 1.54) is 0 Å². The maximum Gasteiger partial charge on any atom is 0.377 e. The van der Waals surface area contributed by atoms with Crippen LogP contribution in [0.3, 0.4) is 0 Å². The van der Waals surface area contributed by atoms with E-state index in [2.05, 4.69) is 9.26 Å². The van der Waals surface area contributed by atoms with Crippen molar-refractivity contribution in [2.45, 2.75) is 0 Å². The number of carbonyl (C=O) groups excluding carboxylic acids is 1. The molecule has 0 saturated carbocycles. The molecule has 1 aliphatic heterocycles. The molecule has 6 heteroatoms. The summed E-state index contributed by atoms with van der Waals surface area (Å²) in [5, 5.41) is 0. The second-order valence-electron chi connectivity index (χ2n) is 1.45. The van der Waals surface area contributed by atoms with Crippen molar-refractivity contribution in [1.82, 2.24) is 0 Å². The maximum absolute atomic E-state index is 10.3. The third-order valence-electron chi connectivity index (χ3n) is 0.794. The van der Waals surface area contributed by atoms with Crippen LogP contribution in [0.1, 0.15) is 0 Å². The van der Waals surface area contributed by atoms with Crippen LogP contribution in [0.4, 0.5) is 4.79 Å². The highest BCUT2D eigenvalue weighted by Gasteiger charge is 2.25. The molecule has 5 nitrogen and oxygen atoms in total. The van der Waals surface area contributed by atoms with Gasteiger partial charge in [0.2, 0.25) is 7.60 Å². The van der Waals surface area contributed by atoms with Gasteiger partial charge in [0.15, 0.2) is 0 Å². The molecule has 0 aromatic rings. The minimum atomic E-state index is -4.29. The van der Waals surface area contributed by atoms with Gasteiger partial charge in [-0.3, -0.25) is 4.57 Å². The highest BCUT2D eigenvalue weighted by atomic mass is 31.2. The van der Waals surface area contributed by atoms with Gasteiger partial charge < -0.3 is 14.2 Å². The van der Waals surface area contributed by atoms with Gasteiger partial charge >= 0.3 is 5.71 Å². The normalized spacial score (nSPS) is 35.9. The van der Waals surface area contributed by atoms with Crippen LogP contribution in [-0.4, -0.2) is 18.9 Å². The van der Waals surface area contributed by atoms with Gasteiger partial charge in [-0.15, -0.1) is 0 Å². The molecule has 0 aromatic heterocycles. The van der Waals surface area contributed by atoms with E-state index >= 15 is 0 Å². The lowest BCUT2D eigenvalue weighted by atomic mass is 10.8. The Labute approximate surface area is 51.1 Å². The monoisotopic (exact) mass is 151 g/mol. The topological polar surface area (TPSA) is 75.7 Å². The van der Waals surface area contributed by atoms with Crippen LogP contribution in [0.5, 0.6) is 0 Å². The molecule has 0 bridgehead atoms. The maximum atomic E-state index is 10.3. The van der Waals surface area contributed by atoms with Gasteiger partial charge in [0.1, 0.15) is 6.61 Å². The molecule has 0 aliphatic carbocycles. The van der Waals surface area contributed by atoms with E-state index in [-0.39, 0.29) is 13.2 Å². The number of cyclic esters (lactones) is 1. The van der Waals surface area contributed by atoms with E-state index in [1.54, 1.807) is 0 Å². The molecule has 1 heterocycles. The molecule has 52 valence electrons. The van der Waals surface area contributed by atoms with Crippen molar-refractivity contribution >= 4 is 13.3 Å². The van der Waals surface area contributed by atoms with E-state index in [0.29, 0.717) is 0 Å². The summed E-state index contributed by atoms with van der Waals surface area (Å²) < 4.78 is 18.6. The quantitative estimate of drug-likeness (QED) is 0.444. The summed E-state index contributed by atoms with van der Waals surface area (Å²) in [6.07, 6.45) is 0. The molecule has 1 atom stereocenters. The summed E-state index contributed by atoms with van der Waals surface area (Å²) in [6, 6.07) is 0. The average Bonchev–Trinajstić information content (AvgIpc) is 1.77. The van der Waals surface area contributed by atoms with Gasteiger partial charge in [-0.2, -0.15) is 0 Å². The third kappa shape index (κ3) is 1.30. The zero-order valence-electron chi connectivity index (χ0n) is 4.40. The smallest absolute Gasteiger partial charge is 0.377 e. The summed E-state index contributed by atoms with van der Waals surface area (Å²) >= 11 is 0. The van der Waals surface area contributed by atoms with E-state index in [1.807, 2.05) is 0 Å². The molecule has 1 saturated heterocycles. The van der Waals surface area contributed by atoms with Crippen LogP contribution in [0.15, 0.2) is 0 Å². The fourth-order valence-corrected chi connectivity index (χ4v) is 1.09. The third-order valence-corrected chi connectivity index (χ3v) is 1.89. The number of carbonyl (C=O) groups is 1. The van der Waals surface area contributed by atoms with Gasteiger partial charge in [0.25, 0.3) is 0 Å². The lowest BCUT2D eigenvalue weighted by Gasteiger charge is -2.24. The molecule has 0 amide bonds. The number of rotatable bonds is 0. The first-order valence-corrected chi connectivity index (χ1v) is 3.80. The van der Waals surface area contributed by atoms with Crippen LogP contribution in [-0.2, 0) is 13.8 Å². The van der Waals surface area contributed by atoms with E-state index < -0.39 is 13.3 Å². The zero-order chi connectivity index (χ0) is 6.91. The first-order chi connectivity index (χ1) is 4.13. The lowest BCUT2D eigenvalue weighted by Crippen LogP contribution is -2.23. The van der Waals surface area contributed by atoms with Gasteiger partial charge in [-0.1, -0.05) is 0 Å². The largest absolute Gasteiger partial charge is 0.770 e. The molecule has 9 heavy (non-hydrogen) atoms. The zero-order valence-corrected chi connectivity index (χ0v) is 5.30. The summed E-state index contributed by atoms with van der Waals surface area (Å²) in [5.41, 5.74) is -1.27. The van der Waals surface area contributed by atoms with Crippen LogP contribution in [0.2, 0.25) is 0 Å². The molecular formula is C3H4O5P-. The van der Waals surface area contributed by atoms with Crippen molar-refractivity contribution in [1.29, 1.82) is 0 Å². The van der Waals surface area contributed by atoms with Crippen LogP contribution >= 0.6 is 7.60 Å². The Balaban J connectivity index is 2.72. The first-order valence-electron chi connectivity index (χ1n) is 2.26. The van der Waals surface area contributed by atoms with Gasteiger partial charge in [0.05, 0.1) is 6.61 Å². The van der Waals surface area contributed by atoms with Crippen LogP contribution < -0.4 is 4.89 Å². The van der Waals surface area contributed by atoms with Crippen molar-refractivity contribution in [3.05, 3.63) is 0 Å². The van der Waals surface area contributed by atoms with Gasteiger partial charge in [0, 0.05) is 0 Å². The van der Waals surface area contributed by atoms with Crippen molar-refractivity contribution in [3.63, 3.8) is 0 Å². The number of ether oxygens (including phenoxy) is 1. The summed E-state index contributed by atoms with van der Waals surface area (Å²) in [4.78, 5) is 20.5. The molecule has 0 N–H and O–H groups in total. The first kappa shape index (κ1) is 6.74. The molecule has 0 spiro atoms. The van der Waals surface area contributed by atoms with Crippen LogP contribution in [0.25, 0.3) is 0 Å². The van der Waals surface area contributed by atoms with Crippen LogP contribution in [0, 0.1) is 0 Å². The predicted octanol–water partition coefficient (Wildman–Crippen LogP) is -0.293. The molecule has 0 radical (unpaired) electrons. The predicted molar refractivity (Wildman–Crippen MR) is 24.9 cm³/mol. The minimum Gasteiger partial charge on any atom is -0.770 e. The Morgan fingerprint density at radius 1 is 1.56 bits per heavy atom. The van der Waals surface area contributed by atoms with Gasteiger partial charge in [-0.05, 0) is 0 Å². The number of hydrogen-bond donors (Lipinski definition) is 0. The van der Waals surface area contributed by atoms with E-state index in [4.69, 9.17) is 0 Å². The van der Waals surface area contributed by atoms with Gasteiger partial charge in [-0.25, -0.2) is 4.79 Å². The Morgan fingerprint density at radius 3 is 2.56 bits per heavy atom.